The Kier molecular flexibility index (Phi) is 7.23. The van der Waals surface area contributed by atoms with Gasteiger partial charge in [0.15, 0.2) is 5.60 Å². The number of hydrazone groups is 1. The molecule has 3 aromatic rings. The molecule has 7 N–H and O–H groups in total. The van der Waals surface area contributed by atoms with E-state index in [2.05, 4.69) is 21.9 Å². The van der Waals surface area contributed by atoms with Crippen molar-refractivity contribution in [1.29, 1.82) is 0 Å². The number of nitrogens with two attached hydrogens (primary N) is 3. The van der Waals surface area contributed by atoms with Crippen LogP contribution >= 0.6 is 0 Å². The second-order valence-electron chi connectivity index (χ2n) is 7.42. The Morgan fingerprint density at radius 2 is 1.77 bits per heavy atom. The highest BCUT2D eigenvalue weighted by Gasteiger charge is 2.58. The van der Waals surface area contributed by atoms with Gasteiger partial charge in [-0.3, -0.25) is 9.99 Å². The molecule has 1 unspecified atom stereocenters. The Morgan fingerprint density at radius 1 is 1.03 bits per heavy atom. The van der Waals surface area contributed by atoms with E-state index in [0.717, 1.165) is 30.7 Å². The molecule has 3 rings (SSSR count). The highest BCUT2D eigenvalue weighted by atomic mass is 19.3. The summed E-state index contributed by atoms with van der Waals surface area (Å²) >= 11 is 0. The molecule has 0 saturated heterocycles. The molecule has 0 radical (unpaired) electrons. The van der Waals surface area contributed by atoms with Crippen LogP contribution in [-0.2, 0) is 11.5 Å². The van der Waals surface area contributed by atoms with Gasteiger partial charge in [-0.2, -0.15) is 13.9 Å². The number of hydrogen-bond acceptors (Lipinski definition) is 6. The molecular formula is C23H19F5N6O. The normalized spacial score (nSPS) is 13.2. The smallest absolute Gasteiger partial charge is 0.323 e. The van der Waals surface area contributed by atoms with Crippen LogP contribution in [0.2, 0.25) is 0 Å². The third-order valence-corrected chi connectivity index (χ3v) is 4.94. The molecular weight excluding hydrogens is 471 g/mol. The average Bonchev–Trinajstić information content (AvgIpc) is 2.78. The maximum absolute atomic E-state index is 15.6. The first-order valence-corrected chi connectivity index (χ1v) is 9.82. The Bertz CT molecular complexity index is 1310. The van der Waals surface area contributed by atoms with Crippen LogP contribution < -0.4 is 17.4 Å². The van der Waals surface area contributed by atoms with Crippen LogP contribution in [-0.4, -0.2) is 28.0 Å². The molecule has 1 aromatic heterocycles. The summed E-state index contributed by atoms with van der Waals surface area (Å²) in [5.41, 5.74) is 0.631. The van der Waals surface area contributed by atoms with Gasteiger partial charge in [-0.25, -0.2) is 19.0 Å². The van der Waals surface area contributed by atoms with E-state index in [0.29, 0.717) is 23.2 Å². The summed E-state index contributed by atoms with van der Waals surface area (Å²) in [6.07, 6.45) is 1.69. The first-order chi connectivity index (χ1) is 16.5. The zero-order chi connectivity index (χ0) is 25.8. The fourth-order valence-electron chi connectivity index (χ4n) is 3.21. The minimum Gasteiger partial charge on any atom is -0.399 e. The number of hydrogen-bond donors (Lipinski definition) is 4. The first kappa shape index (κ1) is 25.4. The van der Waals surface area contributed by atoms with Crippen molar-refractivity contribution in [2.24, 2.45) is 16.8 Å². The number of rotatable bonds is 6. The van der Waals surface area contributed by atoms with Crippen molar-refractivity contribution in [2.45, 2.75) is 11.5 Å². The highest BCUT2D eigenvalue weighted by molar-refractivity contribution is 5.54. The van der Waals surface area contributed by atoms with Gasteiger partial charge < -0.3 is 16.7 Å². The molecule has 0 bridgehead atoms. The quantitative estimate of drug-likeness (QED) is 0.0800. The number of benzene rings is 2. The molecule has 1 atom stereocenters. The fourth-order valence-corrected chi connectivity index (χ4v) is 3.21. The number of pyridine rings is 1. The van der Waals surface area contributed by atoms with Gasteiger partial charge in [0, 0.05) is 29.1 Å². The lowest BCUT2D eigenvalue weighted by Gasteiger charge is -2.37. The lowest BCUT2D eigenvalue weighted by atomic mass is 9.84. The minimum absolute atomic E-state index is 0.0272. The summed E-state index contributed by atoms with van der Waals surface area (Å²) in [6, 6.07) is 7.62. The molecule has 0 amide bonds. The Labute approximate surface area is 196 Å². The number of nitrogen functional groups attached to an aromatic ring is 1. The summed E-state index contributed by atoms with van der Waals surface area (Å²) in [5, 5.41) is 14.6. The van der Waals surface area contributed by atoms with E-state index in [9.17, 15) is 18.3 Å². The van der Waals surface area contributed by atoms with Gasteiger partial charge in [0.05, 0.1) is 12.1 Å². The highest BCUT2D eigenvalue weighted by Crippen LogP contribution is 2.45. The van der Waals surface area contributed by atoms with Gasteiger partial charge in [0.2, 0.25) is 0 Å². The molecule has 35 heavy (non-hydrogen) atoms. The maximum atomic E-state index is 15.6. The predicted octanol–water partition coefficient (Wildman–Crippen LogP) is 2.54. The standard InChI is InChI=1S/C23H19F5N6O/c24-16-5-7-18(20(26)9-16)22(35,12-34(31)13-33-30)23(27,28)21-8-2-14(11-32-21)1-3-15-4-6-17(29)10-19(15)25/h2,4-11,13,35H,12,29-31H2/b33-13-. The van der Waals surface area contributed by atoms with Crippen molar-refractivity contribution in [3.63, 3.8) is 0 Å². The van der Waals surface area contributed by atoms with Crippen LogP contribution in [0.15, 0.2) is 59.8 Å². The maximum Gasteiger partial charge on any atom is 0.323 e. The summed E-state index contributed by atoms with van der Waals surface area (Å²) < 4.78 is 73.0. The van der Waals surface area contributed by atoms with E-state index >= 15 is 8.78 Å². The van der Waals surface area contributed by atoms with E-state index in [4.69, 9.17) is 17.4 Å². The number of halogens is 5. The molecule has 0 saturated carbocycles. The molecule has 0 fully saturated rings. The van der Waals surface area contributed by atoms with Crippen LogP contribution in [0.25, 0.3) is 0 Å². The number of alkyl halides is 2. The van der Waals surface area contributed by atoms with Crippen LogP contribution in [0.4, 0.5) is 27.6 Å². The topological polar surface area (TPSA) is 127 Å². The van der Waals surface area contributed by atoms with E-state index in [1.165, 1.54) is 12.1 Å². The number of nitrogens with zero attached hydrogens (tertiary/aromatic N) is 3. The number of aromatic nitrogens is 1. The second kappa shape index (κ2) is 9.96. The third kappa shape index (κ3) is 5.32. The molecule has 0 spiro atoms. The molecule has 7 nitrogen and oxygen atoms in total. The molecule has 2 aromatic carbocycles. The van der Waals surface area contributed by atoms with Gasteiger partial charge in [-0.1, -0.05) is 11.8 Å². The van der Waals surface area contributed by atoms with Crippen molar-refractivity contribution >= 4 is 12.0 Å². The van der Waals surface area contributed by atoms with Gasteiger partial charge in [0.25, 0.3) is 0 Å². The van der Waals surface area contributed by atoms with E-state index in [1.807, 2.05) is 0 Å². The van der Waals surface area contributed by atoms with Gasteiger partial charge in [-0.05, 0) is 42.5 Å². The van der Waals surface area contributed by atoms with E-state index in [-0.39, 0.29) is 16.8 Å². The fraction of sp³-hybridized carbons (Fsp3) is 0.130. The monoisotopic (exact) mass is 490 g/mol. The first-order valence-electron chi connectivity index (χ1n) is 9.82. The van der Waals surface area contributed by atoms with Crippen molar-refractivity contribution < 1.29 is 27.1 Å². The predicted molar refractivity (Wildman–Crippen MR) is 119 cm³/mol. The minimum atomic E-state index is -4.25. The molecule has 0 aliphatic heterocycles. The van der Waals surface area contributed by atoms with Crippen molar-refractivity contribution in [3.05, 3.63) is 94.6 Å². The molecule has 0 aliphatic rings. The Morgan fingerprint density at radius 3 is 2.37 bits per heavy atom. The summed E-state index contributed by atoms with van der Waals surface area (Å²) in [6.45, 7) is -1.09. The SMILES string of the molecule is N/N=C\N(N)CC(O)(c1ccc(F)cc1F)C(F)(F)c1ccc(C#Cc2ccc(N)cc2F)cn1. The second-order valence-corrected chi connectivity index (χ2v) is 7.42. The lowest BCUT2D eigenvalue weighted by Crippen LogP contribution is -2.53. The Balaban J connectivity index is 2.01. The van der Waals surface area contributed by atoms with E-state index in [1.54, 1.807) is 0 Å². The van der Waals surface area contributed by atoms with Gasteiger partial charge in [0.1, 0.15) is 29.5 Å². The average molecular weight is 490 g/mol. The Hall–Kier alpha value is -4.21. The van der Waals surface area contributed by atoms with Crippen molar-refractivity contribution in [2.75, 3.05) is 12.3 Å². The van der Waals surface area contributed by atoms with Crippen LogP contribution in [0, 0.1) is 29.3 Å². The van der Waals surface area contributed by atoms with Crippen molar-refractivity contribution in [3.8, 4) is 11.8 Å². The molecule has 0 aliphatic carbocycles. The van der Waals surface area contributed by atoms with E-state index < -0.39 is 46.8 Å². The molecule has 1 heterocycles. The zero-order valence-electron chi connectivity index (χ0n) is 17.9. The lowest BCUT2D eigenvalue weighted by molar-refractivity contribution is -0.203. The number of hydrazine groups is 1. The van der Waals surface area contributed by atoms with Crippen LogP contribution in [0.5, 0.6) is 0 Å². The number of anilines is 1. The summed E-state index contributed by atoms with van der Waals surface area (Å²) in [7, 11) is 0. The molecule has 12 heteroatoms. The summed E-state index contributed by atoms with van der Waals surface area (Å²) in [5.74, 6) is 8.23. The number of aliphatic hydroxyl groups is 1. The zero-order valence-corrected chi connectivity index (χ0v) is 17.9. The third-order valence-electron chi connectivity index (χ3n) is 4.94. The van der Waals surface area contributed by atoms with Crippen LogP contribution in [0.3, 0.4) is 0 Å². The largest absolute Gasteiger partial charge is 0.399 e. The molecule has 182 valence electrons. The van der Waals surface area contributed by atoms with Gasteiger partial charge >= 0.3 is 5.92 Å². The van der Waals surface area contributed by atoms with Crippen molar-refractivity contribution in [1.82, 2.24) is 9.99 Å². The van der Waals surface area contributed by atoms with Crippen LogP contribution in [0.1, 0.15) is 22.4 Å². The van der Waals surface area contributed by atoms with Gasteiger partial charge in [-0.15, -0.1) is 0 Å². The summed E-state index contributed by atoms with van der Waals surface area (Å²) in [4.78, 5) is 3.65.